The third kappa shape index (κ3) is 4.76. The van der Waals surface area contributed by atoms with Crippen LogP contribution in [0, 0.1) is 18.8 Å². The molecule has 34 heavy (non-hydrogen) atoms. The van der Waals surface area contributed by atoms with Crippen LogP contribution in [-0.2, 0) is 19.1 Å². The summed E-state index contributed by atoms with van der Waals surface area (Å²) in [5, 5.41) is 10.5. The highest BCUT2D eigenvalue weighted by Gasteiger charge is 2.39. The number of nitrogens with zero attached hydrogens (tertiary/aromatic N) is 3. The maximum Gasteiger partial charge on any atom is 0.325 e. The number of carbonyl (C=O) groups is 3. The third-order valence-corrected chi connectivity index (χ3v) is 6.31. The number of ether oxygens (including phenoxy) is 1. The van der Waals surface area contributed by atoms with Gasteiger partial charge >= 0.3 is 11.9 Å². The van der Waals surface area contributed by atoms with E-state index in [1.54, 1.807) is 0 Å². The van der Waals surface area contributed by atoms with E-state index in [1.807, 2.05) is 55.5 Å². The summed E-state index contributed by atoms with van der Waals surface area (Å²) in [6, 6.07) is 15.3. The Hall–Kier alpha value is -3.81. The Morgan fingerprint density at radius 3 is 2.41 bits per heavy atom. The first-order valence-corrected chi connectivity index (χ1v) is 11.3. The number of esters is 1. The van der Waals surface area contributed by atoms with Gasteiger partial charge < -0.3 is 9.84 Å². The smallest absolute Gasteiger partial charge is 0.325 e. The Balaban J connectivity index is 1.86. The first kappa shape index (κ1) is 23.4. The summed E-state index contributed by atoms with van der Waals surface area (Å²) in [6.45, 7) is 1.58. The van der Waals surface area contributed by atoms with Gasteiger partial charge in [-0.2, -0.15) is 0 Å². The molecular weight excluding hydrogens is 434 g/mol. The van der Waals surface area contributed by atoms with E-state index in [4.69, 9.17) is 9.72 Å². The normalized spacial score (nSPS) is 17.8. The van der Waals surface area contributed by atoms with Crippen molar-refractivity contribution in [3.05, 3.63) is 54.1 Å². The fourth-order valence-corrected chi connectivity index (χ4v) is 4.53. The Labute approximate surface area is 197 Å². The highest BCUT2D eigenvalue weighted by Crippen LogP contribution is 2.34. The lowest BCUT2D eigenvalue weighted by Gasteiger charge is -2.31. The van der Waals surface area contributed by atoms with Crippen LogP contribution in [0.25, 0.3) is 22.2 Å². The maximum absolute atomic E-state index is 13.7. The number of amides is 1. The van der Waals surface area contributed by atoms with E-state index in [9.17, 15) is 19.5 Å². The SMILES string of the molecule is COC(=O)CN(C(=O)C1CCCCC1C(=O)O)c1nc(-c2ccccc2)c2cc(C)ccc2n1. The lowest BCUT2D eigenvalue weighted by molar-refractivity contribution is -0.148. The fraction of sp³-hybridized carbons (Fsp3) is 0.346. The average Bonchev–Trinajstić information content (AvgIpc) is 2.86. The molecule has 4 rings (SSSR count). The van der Waals surface area contributed by atoms with E-state index >= 15 is 0 Å². The van der Waals surface area contributed by atoms with Crippen molar-refractivity contribution in [2.24, 2.45) is 11.8 Å². The minimum absolute atomic E-state index is 0.0559. The first-order chi connectivity index (χ1) is 16.4. The molecule has 8 nitrogen and oxygen atoms in total. The van der Waals surface area contributed by atoms with Gasteiger partial charge in [0.15, 0.2) is 0 Å². The second-order valence-corrected chi connectivity index (χ2v) is 8.60. The number of rotatable bonds is 6. The number of aryl methyl sites for hydroxylation is 1. The van der Waals surface area contributed by atoms with Crippen LogP contribution in [-0.4, -0.2) is 46.6 Å². The highest BCUT2D eigenvalue weighted by molar-refractivity contribution is 6.01. The van der Waals surface area contributed by atoms with Crippen molar-refractivity contribution in [2.75, 3.05) is 18.6 Å². The molecule has 2 atom stereocenters. The molecule has 1 aliphatic rings. The maximum atomic E-state index is 13.7. The van der Waals surface area contributed by atoms with Crippen LogP contribution < -0.4 is 4.90 Å². The number of methoxy groups -OCH3 is 1. The van der Waals surface area contributed by atoms with Gasteiger partial charge in [0, 0.05) is 10.9 Å². The van der Waals surface area contributed by atoms with Crippen LogP contribution in [0.3, 0.4) is 0 Å². The van der Waals surface area contributed by atoms with Gasteiger partial charge in [0.2, 0.25) is 11.9 Å². The van der Waals surface area contributed by atoms with Gasteiger partial charge in [-0.1, -0.05) is 54.8 Å². The Bertz CT molecular complexity index is 1230. The van der Waals surface area contributed by atoms with E-state index < -0.39 is 36.2 Å². The molecule has 1 fully saturated rings. The summed E-state index contributed by atoms with van der Waals surface area (Å²) in [4.78, 5) is 48.3. The van der Waals surface area contributed by atoms with E-state index in [0.717, 1.165) is 29.4 Å². The van der Waals surface area contributed by atoms with Gasteiger partial charge in [0.25, 0.3) is 0 Å². The van der Waals surface area contributed by atoms with Crippen LogP contribution in [0.1, 0.15) is 31.2 Å². The van der Waals surface area contributed by atoms with Crippen LogP contribution in [0.5, 0.6) is 0 Å². The molecule has 0 saturated heterocycles. The number of carboxylic acids is 1. The summed E-state index contributed by atoms with van der Waals surface area (Å²) in [6.07, 6.45) is 2.36. The van der Waals surface area contributed by atoms with Crippen molar-refractivity contribution in [2.45, 2.75) is 32.6 Å². The number of aromatic nitrogens is 2. The van der Waals surface area contributed by atoms with Crippen LogP contribution in [0.4, 0.5) is 5.95 Å². The van der Waals surface area contributed by atoms with Crippen molar-refractivity contribution in [1.82, 2.24) is 9.97 Å². The molecule has 1 N–H and O–H groups in total. The minimum Gasteiger partial charge on any atom is -0.481 e. The Morgan fingerprint density at radius 1 is 1.03 bits per heavy atom. The molecule has 0 aliphatic heterocycles. The summed E-state index contributed by atoms with van der Waals surface area (Å²) >= 11 is 0. The van der Waals surface area contributed by atoms with Crippen LogP contribution >= 0.6 is 0 Å². The molecule has 8 heteroatoms. The largest absolute Gasteiger partial charge is 0.481 e. The summed E-state index contributed by atoms with van der Waals surface area (Å²) in [5.41, 5.74) is 3.13. The number of carbonyl (C=O) groups excluding carboxylic acids is 2. The number of benzene rings is 2. The molecule has 3 aromatic rings. The molecule has 0 spiro atoms. The monoisotopic (exact) mass is 461 g/mol. The first-order valence-electron chi connectivity index (χ1n) is 11.3. The van der Waals surface area contributed by atoms with Crippen molar-refractivity contribution in [1.29, 1.82) is 0 Å². The van der Waals surface area contributed by atoms with Crippen molar-refractivity contribution in [3.8, 4) is 11.3 Å². The molecule has 0 bridgehead atoms. The summed E-state index contributed by atoms with van der Waals surface area (Å²) < 4.78 is 4.83. The molecule has 2 aromatic carbocycles. The lowest BCUT2D eigenvalue weighted by Crippen LogP contribution is -2.45. The highest BCUT2D eigenvalue weighted by atomic mass is 16.5. The van der Waals surface area contributed by atoms with E-state index in [1.165, 1.54) is 12.0 Å². The van der Waals surface area contributed by atoms with Crippen LogP contribution in [0.2, 0.25) is 0 Å². The number of aliphatic carboxylic acids is 1. The number of hydrogen-bond donors (Lipinski definition) is 1. The van der Waals surface area contributed by atoms with Gasteiger partial charge in [-0.15, -0.1) is 0 Å². The Morgan fingerprint density at radius 2 is 1.74 bits per heavy atom. The number of fused-ring (bicyclic) bond motifs is 1. The second kappa shape index (κ2) is 9.99. The standard InChI is InChI=1S/C26H27N3O5/c1-16-12-13-21-20(14-16)23(17-8-4-3-5-9-17)28-26(27-21)29(15-22(30)34-2)24(31)18-10-6-7-11-19(18)25(32)33/h3-5,8-9,12-14,18-19H,6-7,10-11,15H2,1-2H3,(H,32,33). The van der Waals surface area contributed by atoms with Gasteiger partial charge in [-0.05, 0) is 31.9 Å². The molecule has 1 heterocycles. The van der Waals surface area contributed by atoms with Gasteiger partial charge in [0.1, 0.15) is 6.54 Å². The third-order valence-electron chi connectivity index (χ3n) is 6.31. The predicted octanol–water partition coefficient (Wildman–Crippen LogP) is 4.00. The number of carboxylic acid groups (broad SMARTS) is 1. The molecule has 1 amide bonds. The second-order valence-electron chi connectivity index (χ2n) is 8.60. The van der Waals surface area contributed by atoms with E-state index in [2.05, 4.69) is 4.98 Å². The molecule has 0 radical (unpaired) electrons. The molecule has 176 valence electrons. The van der Waals surface area contributed by atoms with Gasteiger partial charge in [-0.3, -0.25) is 19.3 Å². The fourth-order valence-electron chi connectivity index (χ4n) is 4.53. The summed E-state index contributed by atoms with van der Waals surface area (Å²) in [5.74, 6) is -3.62. The minimum atomic E-state index is -1.00. The number of hydrogen-bond acceptors (Lipinski definition) is 6. The van der Waals surface area contributed by atoms with Gasteiger partial charge in [0.05, 0.1) is 30.2 Å². The van der Waals surface area contributed by atoms with Crippen molar-refractivity contribution in [3.63, 3.8) is 0 Å². The van der Waals surface area contributed by atoms with Gasteiger partial charge in [-0.25, -0.2) is 9.97 Å². The lowest BCUT2D eigenvalue weighted by atomic mass is 9.78. The zero-order chi connectivity index (χ0) is 24.2. The van der Waals surface area contributed by atoms with E-state index in [-0.39, 0.29) is 5.95 Å². The zero-order valence-corrected chi connectivity index (χ0v) is 19.2. The zero-order valence-electron chi connectivity index (χ0n) is 19.2. The Kier molecular flexibility index (Phi) is 6.86. The van der Waals surface area contributed by atoms with Crippen molar-refractivity contribution < 1.29 is 24.2 Å². The van der Waals surface area contributed by atoms with Crippen LogP contribution in [0.15, 0.2) is 48.5 Å². The predicted molar refractivity (Wildman–Crippen MR) is 127 cm³/mol. The summed E-state index contributed by atoms with van der Waals surface area (Å²) in [7, 11) is 1.24. The molecule has 2 unspecified atom stereocenters. The molecular formula is C26H27N3O5. The number of anilines is 1. The molecule has 1 aliphatic carbocycles. The molecule has 1 aromatic heterocycles. The molecule has 1 saturated carbocycles. The quantitative estimate of drug-likeness (QED) is 0.553. The topological polar surface area (TPSA) is 110 Å². The average molecular weight is 462 g/mol. The van der Waals surface area contributed by atoms with E-state index in [0.29, 0.717) is 24.1 Å². The van der Waals surface area contributed by atoms with Crippen molar-refractivity contribution >= 4 is 34.7 Å².